The van der Waals surface area contributed by atoms with E-state index in [0.717, 1.165) is 22.4 Å². The number of nitrogen functional groups attached to an aromatic ring is 2. The van der Waals surface area contributed by atoms with E-state index in [4.69, 9.17) is 53.2 Å². The SMILES string of the molecule is CO[C@@H]1[C@H](O)[C@@H](COP(=O)(O)O[C@H]2[C@@H](O)[C@H](c3c[nH]c(=O)[nH]c3=O)O[C@@H]2COP(=O)(O)O[C@H]2[C@@H](OC)[C@H](n3ccc(N)nc3=O)O[C@@H]2CO)O[C@H]1n1ccc(N)nc1=O. The van der Waals surface area contributed by atoms with Crippen LogP contribution in [0.5, 0.6) is 0 Å². The molecular formula is C29H40N8O20P2. The Bertz CT molecular complexity index is 2310. The third kappa shape index (κ3) is 9.63. The normalized spacial score (nSPS) is 32.9. The van der Waals surface area contributed by atoms with Crippen LogP contribution in [0.4, 0.5) is 11.6 Å². The Morgan fingerprint density at radius 1 is 0.763 bits per heavy atom. The first-order valence-electron chi connectivity index (χ1n) is 17.2. The van der Waals surface area contributed by atoms with Gasteiger partial charge >= 0.3 is 32.7 Å². The number of phosphoric acid groups is 2. The molecule has 3 aliphatic heterocycles. The summed E-state index contributed by atoms with van der Waals surface area (Å²) >= 11 is 0. The number of hydrogen-bond donors (Lipinski definition) is 9. The van der Waals surface area contributed by atoms with Crippen molar-refractivity contribution in [1.29, 1.82) is 0 Å². The molecule has 59 heavy (non-hydrogen) atoms. The van der Waals surface area contributed by atoms with Gasteiger partial charge in [-0.1, -0.05) is 0 Å². The maximum atomic E-state index is 13.4. The van der Waals surface area contributed by atoms with Crippen molar-refractivity contribution in [2.24, 2.45) is 0 Å². The van der Waals surface area contributed by atoms with Gasteiger partial charge in [0.15, 0.2) is 12.5 Å². The highest BCUT2D eigenvalue weighted by atomic mass is 31.2. The van der Waals surface area contributed by atoms with Gasteiger partial charge < -0.3 is 65.2 Å². The van der Waals surface area contributed by atoms with Crippen LogP contribution in [0.25, 0.3) is 0 Å². The van der Waals surface area contributed by atoms with E-state index in [1.165, 1.54) is 31.6 Å². The first-order valence-corrected chi connectivity index (χ1v) is 20.2. The van der Waals surface area contributed by atoms with Crippen LogP contribution in [0.1, 0.15) is 24.1 Å². The zero-order valence-corrected chi connectivity index (χ0v) is 32.4. The highest BCUT2D eigenvalue weighted by molar-refractivity contribution is 7.47. The number of nitrogens with zero attached hydrogens (tertiary/aromatic N) is 4. The van der Waals surface area contributed by atoms with Crippen molar-refractivity contribution < 1.29 is 76.0 Å². The second-order valence-electron chi connectivity index (χ2n) is 13.1. The van der Waals surface area contributed by atoms with Crippen LogP contribution in [-0.2, 0) is 50.9 Å². The molecule has 0 saturated carbocycles. The molecule has 0 aromatic carbocycles. The summed E-state index contributed by atoms with van der Waals surface area (Å²) in [5.74, 6) is -0.210. The maximum Gasteiger partial charge on any atom is 0.472 e. The van der Waals surface area contributed by atoms with Crippen LogP contribution in [0, 0.1) is 0 Å². The standard InChI is InChI=1S/C29H40N8O20P2/c1-49-22-17(39)13(55-25(22)36-5-3-15(30)33-28(36)43)9-51-58(45,46)56-20-14(53-19(18(20)40)11-7-32-27(42)35-24(11)41)10-52-59(47,48)57-21-12(8-38)54-26(23(21)50-2)37-6-4-16(31)34-29(37)44/h3-7,12-14,17-23,25-26,38-40H,8-10H2,1-2H3,(H,45,46)(H,47,48)(H2,30,33,43)(H2,31,34,44)(H2,32,35,41,42)/t12-,13-,14-,17-,18+,19+,20-,21-,22-,23-,25-,26-/m1/s1. The van der Waals surface area contributed by atoms with Crippen LogP contribution in [0.2, 0.25) is 0 Å². The largest absolute Gasteiger partial charge is 0.472 e. The minimum Gasteiger partial charge on any atom is -0.394 e. The lowest BCUT2D eigenvalue weighted by molar-refractivity contribution is -0.0659. The number of aliphatic hydroxyl groups is 3. The molecule has 0 aliphatic carbocycles. The number of H-pyrrole nitrogens is 2. The lowest BCUT2D eigenvalue weighted by Crippen LogP contribution is -2.39. The van der Waals surface area contributed by atoms with E-state index in [9.17, 15) is 53.4 Å². The number of rotatable bonds is 16. The summed E-state index contributed by atoms with van der Waals surface area (Å²) in [6.45, 7) is -2.76. The molecule has 3 fully saturated rings. The van der Waals surface area contributed by atoms with Crippen LogP contribution in [0.3, 0.4) is 0 Å². The number of methoxy groups -OCH3 is 2. The number of anilines is 2. The molecule has 0 bridgehead atoms. The van der Waals surface area contributed by atoms with E-state index >= 15 is 0 Å². The Labute approximate surface area is 329 Å². The van der Waals surface area contributed by atoms with Gasteiger partial charge in [-0.2, -0.15) is 9.97 Å². The van der Waals surface area contributed by atoms with Gasteiger partial charge in [0, 0.05) is 32.8 Å². The summed E-state index contributed by atoms with van der Waals surface area (Å²) in [5.41, 5.74) is 6.96. The van der Waals surface area contributed by atoms with Gasteiger partial charge in [0.2, 0.25) is 0 Å². The minimum atomic E-state index is -5.36. The molecule has 30 heteroatoms. The summed E-state index contributed by atoms with van der Waals surface area (Å²) < 4.78 is 77.2. The Balaban J connectivity index is 1.18. The average molecular weight is 883 g/mol. The van der Waals surface area contributed by atoms with Gasteiger partial charge in [-0.15, -0.1) is 0 Å². The molecule has 3 aromatic heterocycles. The van der Waals surface area contributed by atoms with Crippen molar-refractivity contribution in [2.75, 3.05) is 45.5 Å². The van der Waals surface area contributed by atoms with Gasteiger partial charge in [-0.3, -0.25) is 37.0 Å². The van der Waals surface area contributed by atoms with E-state index < -0.39 is 137 Å². The van der Waals surface area contributed by atoms with Gasteiger partial charge in [-0.25, -0.2) is 23.5 Å². The number of aromatic amines is 2. The first kappa shape index (κ1) is 44.5. The molecule has 2 unspecified atom stereocenters. The number of ether oxygens (including phenoxy) is 5. The summed E-state index contributed by atoms with van der Waals surface area (Å²) in [4.78, 5) is 82.2. The van der Waals surface area contributed by atoms with Crippen molar-refractivity contribution in [3.05, 3.63) is 78.1 Å². The van der Waals surface area contributed by atoms with E-state index in [0.29, 0.717) is 0 Å². The molecule has 0 radical (unpaired) electrons. The number of aliphatic hydroxyl groups excluding tert-OH is 3. The molecular weight excluding hydrogens is 842 g/mol. The third-order valence-electron chi connectivity index (χ3n) is 9.38. The first-order chi connectivity index (χ1) is 27.9. The monoisotopic (exact) mass is 882 g/mol. The predicted octanol–water partition coefficient (Wildman–Crippen LogP) is -4.28. The zero-order chi connectivity index (χ0) is 43.0. The number of phosphoric ester groups is 2. The molecule has 6 rings (SSSR count). The fourth-order valence-corrected chi connectivity index (χ4v) is 8.55. The highest BCUT2D eigenvalue weighted by Gasteiger charge is 2.53. The fraction of sp³-hybridized carbons (Fsp3) is 0.586. The fourth-order valence-electron chi connectivity index (χ4n) is 6.63. The number of hydrogen-bond acceptors (Lipinski definition) is 22. The molecule has 0 amide bonds. The smallest absolute Gasteiger partial charge is 0.394 e. The number of aromatic nitrogens is 6. The number of nitrogens with two attached hydrogens (primary N) is 2. The second kappa shape index (κ2) is 17.9. The van der Waals surface area contributed by atoms with Gasteiger partial charge in [0.05, 0.1) is 25.4 Å². The molecule has 3 saturated heterocycles. The summed E-state index contributed by atoms with van der Waals surface area (Å²) in [5, 5.41) is 32.1. The van der Waals surface area contributed by atoms with Crippen molar-refractivity contribution in [2.45, 2.75) is 73.5 Å². The highest BCUT2D eigenvalue weighted by Crippen LogP contribution is 2.52. The van der Waals surface area contributed by atoms with Crippen LogP contribution in [0.15, 0.2) is 49.9 Å². The lowest BCUT2D eigenvalue weighted by Gasteiger charge is -2.26. The number of nitrogens with one attached hydrogen (secondary N) is 2. The molecule has 326 valence electrons. The minimum absolute atomic E-state index is 0.0976. The van der Waals surface area contributed by atoms with Crippen LogP contribution in [-0.4, -0.2) is 143 Å². The Kier molecular flexibility index (Phi) is 13.5. The molecule has 3 aliphatic rings. The van der Waals surface area contributed by atoms with Crippen molar-refractivity contribution in [3.8, 4) is 0 Å². The molecule has 0 spiro atoms. The van der Waals surface area contributed by atoms with Crippen molar-refractivity contribution in [1.82, 2.24) is 29.1 Å². The molecule has 3 aromatic rings. The van der Waals surface area contributed by atoms with E-state index in [1.807, 2.05) is 4.98 Å². The van der Waals surface area contributed by atoms with Crippen LogP contribution < -0.4 is 34.1 Å². The topological polar surface area (TPSA) is 406 Å². The molecule has 28 nitrogen and oxygen atoms in total. The van der Waals surface area contributed by atoms with Crippen molar-refractivity contribution in [3.63, 3.8) is 0 Å². The Morgan fingerprint density at radius 2 is 1.29 bits per heavy atom. The van der Waals surface area contributed by atoms with Crippen molar-refractivity contribution >= 4 is 27.3 Å². The third-order valence-corrected chi connectivity index (χ3v) is 11.3. The zero-order valence-electron chi connectivity index (χ0n) is 30.6. The lowest BCUT2D eigenvalue weighted by atomic mass is 10.0. The van der Waals surface area contributed by atoms with Gasteiger partial charge in [0.1, 0.15) is 72.7 Å². The van der Waals surface area contributed by atoms with Gasteiger partial charge in [-0.05, 0) is 12.1 Å². The van der Waals surface area contributed by atoms with E-state index in [1.54, 1.807) is 0 Å². The summed E-state index contributed by atoms with van der Waals surface area (Å²) in [7, 11) is -8.30. The molecule has 14 atom stereocenters. The quantitative estimate of drug-likeness (QED) is 0.0615. The van der Waals surface area contributed by atoms with E-state index in [2.05, 4.69) is 15.0 Å². The average Bonchev–Trinajstić information content (AvgIpc) is 3.78. The summed E-state index contributed by atoms with van der Waals surface area (Å²) in [6, 6.07) is 2.54. The van der Waals surface area contributed by atoms with Crippen LogP contribution >= 0.6 is 15.6 Å². The molecule has 6 heterocycles. The van der Waals surface area contributed by atoms with E-state index in [-0.39, 0.29) is 11.6 Å². The second-order valence-corrected chi connectivity index (χ2v) is 15.9. The summed E-state index contributed by atoms with van der Waals surface area (Å²) in [6.07, 6.45) is -15.4. The maximum absolute atomic E-state index is 13.4. The molecule has 11 N–H and O–H groups in total. The Hall–Kier alpha value is -4.06. The Morgan fingerprint density at radius 3 is 1.81 bits per heavy atom. The predicted molar refractivity (Wildman–Crippen MR) is 191 cm³/mol. The van der Waals surface area contributed by atoms with Gasteiger partial charge in [0.25, 0.3) is 5.56 Å².